The molecule has 2 aromatic rings. The predicted molar refractivity (Wildman–Crippen MR) is 88.2 cm³/mol. The van der Waals surface area contributed by atoms with Crippen molar-refractivity contribution in [3.8, 4) is 0 Å². The van der Waals surface area contributed by atoms with Gasteiger partial charge in [0.1, 0.15) is 6.04 Å². The number of hydrogen-bond acceptors (Lipinski definition) is 4. The number of amides is 1. The van der Waals surface area contributed by atoms with Gasteiger partial charge < -0.3 is 9.88 Å². The lowest BCUT2D eigenvalue weighted by Gasteiger charge is -2.21. The van der Waals surface area contributed by atoms with E-state index in [4.69, 9.17) is 0 Å². The zero-order valence-electron chi connectivity index (χ0n) is 14.3. The van der Waals surface area contributed by atoms with Crippen LogP contribution in [0.4, 0.5) is 19.0 Å². The van der Waals surface area contributed by atoms with Crippen molar-refractivity contribution < 1.29 is 18.0 Å². The molecule has 0 aromatic carbocycles. The number of aromatic nitrogens is 4. The van der Waals surface area contributed by atoms with Crippen LogP contribution in [0.2, 0.25) is 0 Å². The number of alkyl halides is 3. The highest BCUT2D eigenvalue weighted by molar-refractivity contribution is 5.92. The highest BCUT2D eigenvalue weighted by Crippen LogP contribution is 2.34. The summed E-state index contributed by atoms with van der Waals surface area (Å²) in [6.07, 6.45) is 4.96. The topological polar surface area (TPSA) is 72.7 Å². The van der Waals surface area contributed by atoms with Gasteiger partial charge in [0.2, 0.25) is 5.91 Å². The van der Waals surface area contributed by atoms with Gasteiger partial charge in [-0.3, -0.25) is 9.78 Å². The van der Waals surface area contributed by atoms with Crippen molar-refractivity contribution in [3.05, 3.63) is 36.3 Å². The summed E-state index contributed by atoms with van der Waals surface area (Å²) in [4.78, 5) is 24.3. The number of nitrogens with one attached hydrogen (secondary N) is 1. The van der Waals surface area contributed by atoms with Crippen LogP contribution in [0.15, 0.2) is 24.9 Å². The van der Waals surface area contributed by atoms with Gasteiger partial charge in [-0.25, -0.2) is 9.97 Å². The summed E-state index contributed by atoms with van der Waals surface area (Å²) in [5.74, 6) is 0.168. The molecule has 1 fully saturated rings. The Balaban J connectivity index is 1.81. The van der Waals surface area contributed by atoms with Crippen molar-refractivity contribution in [2.75, 3.05) is 5.32 Å². The van der Waals surface area contributed by atoms with Crippen molar-refractivity contribution in [1.29, 1.82) is 0 Å². The Bertz CT molecular complexity index is 751. The van der Waals surface area contributed by atoms with E-state index in [0.29, 0.717) is 18.0 Å². The highest BCUT2D eigenvalue weighted by Gasteiger charge is 2.35. The third kappa shape index (κ3) is 4.39. The number of carbonyl (C=O) groups excluding carboxylic acids is 1. The van der Waals surface area contributed by atoms with Gasteiger partial charge in [0.25, 0.3) is 0 Å². The number of imidazole rings is 1. The minimum absolute atomic E-state index is 0.271. The molecule has 1 atom stereocenters. The summed E-state index contributed by atoms with van der Waals surface area (Å²) in [5.41, 5.74) is -0.299. The molecule has 140 valence electrons. The molecule has 0 bridgehead atoms. The third-order valence-electron chi connectivity index (χ3n) is 4.62. The van der Waals surface area contributed by atoms with E-state index in [1.54, 1.807) is 6.92 Å². The number of carbonyl (C=O) groups is 1. The van der Waals surface area contributed by atoms with Gasteiger partial charge in [-0.05, 0) is 19.3 Å². The second kappa shape index (κ2) is 7.43. The zero-order valence-corrected chi connectivity index (χ0v) is 14.3. The Hall–Kier alpha value is -2.45. The van der Waals surface area contributed by atoms with Gasteiger partial charge in [-0.1, -0.05) is 25.7 Å². The Labute approximate surface area is 148 Å². The van der Waals surface area contributed by atoms with Crippen LogP contribution in [0, 0.1) is 12.8 Å². The highest BCUT2D eigenvalue weighted by atomic mass is 19.4. The molecule has 2 aromatic heterocycles. The Morgan fingerprint density at radius 1 is 1.27 bits per heavy atom. The monoisotopic (exact) mass is 367 g/mol. The van der Waals surface area contributed by atoms with Crippen LogP contribution in [-0.2, 0) is 11.0 Å². The van der Waals surface area contributed by atoms with E-state index in [9.17, 15) is 18.0 Å². The van der Waals surface area contributed by atoms with Crippen LogP contribution in [0.25, 0.3) is 0 Å². The minimum atomic E-state index is -4.54. The average Bonchev–Trinajstić information content (AvgIpc) is 3.25. The van der Waals surface area contributed by atoms with Crippen molar-refractivity contribution in [2.24, 2.45) is 5.92 Å². The van der Waals surface area contributed by atoms with Crippen LogP contribution in [0.1, 0.15) is 49.5 Å². The normalized spacial score (nSPS) is 16.6. The lowest BCUT2D eigenvalue weighted by molar-refractivity contribution is -0.141. The predicted octanol–water partition coefficient (Wildman–Crippen LogP) is 3.76. The van der Waals surface area contributed by atoms with Crippen molar-refractivity contribution in [2.45, 2.75) is 51.2 Å². The number of hydrogen-bond donors (Lipinski definition) is 1. The van der Waals surface area contributed by atoms with Crippen LogP contribution < -0.4 is 5.32 Å². The number of halogens is 3. The van der Waals surface area contributed by atoms with Crippen molar-refractivity contribution in [3.63, 3.8) is 0 Å². The number of aryl methyl sites for hydroxylation is 1. The number of anilines is 1. The molecule has 2 heterocycles. The summed E-state index contributed by atoms with van der Waals surface area (Å²) < 4.78 is 39.8. The molecule has 1 N–H and O–H groups in total. The standard InChI is InChI=1S/C17H20F3N5O/c1-11-7-22-15(8-21-11)24-16(26)13(6-12-4-2-3-5-12)25-9-14(23-10-25)17(18,19)20/h7-10,12-13H,2-6H2,1H3,(H,22,24,26). The Morgan fingerprint density at radius 2 is 2.00 bits per heavy atom. The summed E-state index contributed by atoms with van der Waals surface area (Å²) in [6.45, 7) is 1.77. The van der Waals surface area contributed by atoms with Gasteiger partial charge in [0, 0.05) is 6.20 Å². The lowest BCUT2D eigenvalue weighted by atomic mass is 9.97. The first-order valence-corrected chi connectivity index (χ1v) is 8.53. The molecule has 26 heavy (non-hydrogen) atoms. The Morgan fingerprint density at radius 3 is 2.58 bits per heavy atom. The molecule has 1 amide bonds. The zero-order chi connectivity index (χ0) is 18.7. The summed E-state index contributed by atoms with van der Waals surface area (Å²) in [7, 11) is 0. The summed E-state index contributed by atoms with van der Waals surface area (Å²) in [6, 6.07) is -0.773. The van der Waals surface area contributed by atoms with Gasteiger partial charge >= 0.3 is 6.18 Å². The SMILES string of the molecule is Cc1cnc(NC(=O)C(CC2CCCC2)n2cnc(C(F)(F)F)c2)cn1. The van der Waals surface area contributed by atoms with Crippen LogP contribution in [0.3, 0.4) is 0 Å². The minimum Gasteiger partial charge on any atom is -0.324 e. The largest absolute Gasteiger partial charge is 0.434 e. The van der Waals surface area contributed by atoms with Gasteiger partial charge in [-0.2, -0.15) is 13.2 Å². The first-order valence-electron chi connectivity index (χ1n) is 8.53. The maximum absolute atomic E-state index is 12.9. The van der Waals surface area contributed by atoms with E-state index in [1.807, 2.05) is 0 Å². The fraction of sp³-hybridized carbons (Fsp3) is 0.529. The molecule has 1 unspecified atom stereocenters. The fourth-order valence-electron chi connectivity index (χ4n) is 3.25. The first-order chi connectivity index (χ1) is 12.3. The van der Waals surface area contributed by atoms with E-state index >= 15 is 0 Å². The molecular formula is C17H20F3N5O. The molecule has 1 saturated carbocycles. The first kappa shape index (κ1) is 18.3. The van der Waals surface area contributed by atoms with Gasteiger partial charge in [0.05, 0.1) is 24.4 Å². The summed E-state index contributed by atoms with van der Waals surface area (Å²) in [5, 5.41) is 2.65. The van der Waals surface area contributed by atoms with Gasteiger partial charge in [0.15, 0.2) is 11.5 Å². The van der Waals surface area contributed by atoms with E-state index in [2.05, 4.69) is 20.3 Å². The molecular weight excluding hydrogens is 347 g/mol. The molecule has 0 saturated heterocycles. The van der Waals surface area contributed by atoms with Gasteiger partial charge in [-0.15, -0.1) is 0 Å². The molecule has 9 heteroatoms. The fourth-order valence-corrected chi connectivity index (χ4v) is 3.25. The molecule has 0 aliphatic heterocycles. The molecule has 6 nitrogen and oxygen atoms in total. The van der Waals surface area contributed by atoms with Crippen LogP contribution in [0.5, 0.6) is 0 Å². The third-order valence-corrected chi connectivity index (χ3v) is 4.62. The van der Waals surface area contributed by atoms with Crippen LogP contribution >= 0.6 is 0 Å². The van der Waals surface area contributed by atoms with Crippen LogP contribution in [-0.4, -0.2) is 25.4 Å². The molecule has 0 spiro atoms. The smallest absolute Gasteiger partial charge is 0.324 e. The molecule has 0 radical (unpaired) electrons. The molecule has 3 rings (SSSR count). The maximum Gasteiger partial charge on any atom is 0.434 e. The van der Waals surface area contributed by atoms with Crippen molar-refractivity contribution in [1.82, 2.24) is 19.5 Å². The van der Waals surface area contributed by atoms with E-state index in [-0.39, 0.29) is 5.82 Å². The lowest BCUT2D eigenvalue weighted by Crippen LogP contribution is -2.27. The van der Waals surface area contributed by atoms with E-state index in [0.717, 1.165) is 38.2 Å². The average molecular weight is 367 g/mol. The summed E-state index contributed by atoms with van der Waals surface area (Å²) >= 11 is 0. The number of nitrogens with zero attached hydrogens (tertiary/aromatic N) is 4. The van der Waals surface area contributed by atoms with E-state index in [1.165, 1.54) is 17.0 Å². The number of rotatable bonds is 5. The second-order valence-electron chi connectivity index (χ2n) is 6.64. The van der Waals surface area contributed by atoms with E-state index < -0.39 is 23.8 Å². The molecule has 1 aliphatic rings. The maximum atomic E-state index is 12.9. The second-order valence-corrected chi connectivity index (χ2v) is 6.64. The Kier molecular flexibility index (Phi) is 5.24. The quantitative estimate of drug-likeness (QED) is 0.873. The molecule has 1 aliphatic carbocycles. The van der Waals surface area contributed by atoms with Crippen molar-refractivity contribution >= 4 is 11.7 Å².